The Labute approximate surface area is 103 Å². The maximum absolute atomic E-state index is 5.68. The Morgan fingerprint density at radius 1 is 1.44 bits per heavy atom. The number of nitrogens with zero attached hydrogens (tertiary/aromatic N) is 4. The maximum atomic E-state index is 5.68. The summed E-state index contributed by atoms with van der Waals surface area (Å²) in [5.74, 6) is 0.803. The Bertz CT molecular complexity index is 686. The molecule has 0 bridgehead atoms. The predicted octanol–water partition coefficient (Wildman–Crippen LogP) is 1.15. The largest absolute Gasteiger partial charge is 0.424 e. The minimum Gasteiger partial charge on any atom is -0.424 e. The summed E-state index contributed by atoms with van der Waals surface area (Å²) in [6, 6.07) is 5.79. The number of nitrogen functional groups attached to an aromatic ring is 1. The Hall–Kier alpha value is -2.57. The molecule has 3 N–H and O–H groups in total. The Balaban J connectivity index is 1.81. The molecule has 3 aromatic rings. The van der Waals surface area contributed by atoms with Crippen molar-refractivity contribution < 1.29 is 4.42 Å². The van der Waals surface area contributed by atoms with Crippen LogP contribution in [0.3, 0.4) is 0 Å². The van der Waals surface area contributed by atoms with E-state index in [1.807, 2.05) is 11.6 Å². The zero-order valence-electron chi connectivity index (χ0n) is 9.79. The first-order chi connectivity index (χ1) is 8.72. The van der Waals surface area contributed by atoms with Crippen LogP contribution in [0.15, 0.2) is 28.9 Å². The molecule has 2 aromatic heterocycles. The van der Waals surface area contributed by atoms with E-state index in [0.29, 0.717) is 23.8 Å². The van der Waals surface area contributed by atoms with Crippen molar-refractivity contribution >= 4 is 22.8 Å². The van der Waals surface area contributed by atoms with E-state index in [2.05, 4.69) is 20.5 Å². The number of hydrogen-bond donors (Lipinski definition) is 2. The van der Waals surface area contributed by atoms with Gasteiger partial charge in [-0.3, -0.25) is 0 Å². The summed E-state index contributed by atoms with van der Waals surface area (Å²) in [6.07, 6.45) is 1.64. The van der Waals surface area contributed by atoms with Crippen LogP contribution in [-0.4, -0.2) is 19.7 Å². The molecule has 0 saturated heterocycles. The van der Waals surface area contributed by atoms with Gasteiger partial charge >= 0.3 is 0 Å². The van der Waals surface area contributed by atoms with Crippen molar-refractivity contribution in [1.82, 2.24) is 19.7 Å². The zero-order chi connectivity index (χ0) is 12.5. The lowest BCUT2D eigenvalue weighted by atomic mass is 10.3. The minimum atomic E-state index is 0.443. The molecular formula is C11H12N6O. The van der Waals surface area contributed by atoms with Crippen LogP contribution in [0.1, 0.15) is 5.82 Å². The fraction of sp³-hybridized carbons (Fsp3) is 0.182. The normalized spacial score (nSPS) is 10.9. The van der Waals surface area contributed by atoms with E-state index < -0.39 is 0 Å². The van der Waals surface area contributed by atoms with Crippen LogP contribution < -0.4 is 11.1 Å². The highest BCUT2D eigenvalue weighted by molar-refractivity contribution is 5.78. The number of fused-ring (bicyclic) bond motifs is 1. The number of nitrogens with one attached hydrogen (secondary N) is 1. The van der Waals surface area contributed by atoms with Crippen LogP contribution >= 0.6 is 0 Å². The number of benzene rings is 1. The number of nitrogens with two attached hydrogens (primary N) is 1. The molecule has 1 aromatic carbocycles. The highest BCUT2D eigenvalue weighted by Gasteiger charge is 2.07. The van der Waals surface area contributed by atoms with Crippen LogP contribution in [-0.2, 0) is 13.6 Å². The van der Waals surface area contributed by atoms with Crippen molar-refractivity contribution in [2.24, 2.45) is 7.05 Å². The molecule has 0 unspecified atom stereocenters. The van der Waals surface area contributed by atoms with Crippen LogP contribution in [0.5, 0.6) is 0 Å². The topological polar surface area (TPSA) is 94.8 Å². The Morgan fingerprint density at radius 2 is 2.33 bits per heavy atom. The van der Waals surface area contributed by atoms with Gasteiger partial charge in [0, 0.05) is 12.7 Å². The lowest BCUT2D eigenvalue weighted by Gasteiger charge is -1.99. The second kappa shape index (κ2) is 4.02. The first-order valence-corrected chi connectivity index (χ1v) is 5.45. The number of rotatable bonds is 3. The van der Waals surface area contributed by atoms with E-state index in [9.17, 15) is 0 Å². The molecule has 0 fully saturated rings. The molecule has 3 rings (SSSR count). The molecular weight excluding hydrogens is 232 g/mol. The van der Waals surface area contributed by atoms with E-state index in [-0.39, 0.29) is 0 Å². The van der Waals surface area contributed by atoms with Gasteiger partial charge in [0.1, 0.15) is 11.8 Å². The number of anilines is 2. The van der Waals surface area contributed by atoms with E-state index >= 15 is 0 Å². The van der Waals surface area contributed by atoms with Gasteiger partial charge in [-0.1, -0.05) is 0 Å². The summed E-state index contributed by atoms with van der Waals surface area (Å²) in [4.78, 5) is 4.29. The van der Waals surface area contributed by atoms with Crippen LogP contribution in [0.25, 0.3) is 11.1 Å². The van der Waals surface area contributed by atoms with Gasteiger partial charge < -0.3 is 20.0 Å². The average molecular weight is 244 g/mol. The highest BCUT2D eigenvalue weighted by atomic mass is 16.4. The molecule has 2 heterocycles. The van der Waals surface area contributed by atoms with Gasteiger partial charge in [0.2, 0.25) is 0 Å². The number of aromatic nitrogens is 4. The summed E-state index contributed by atoms with van der Waals surface area (Å²) in [5.41, 5.74) is 7.77. The molecule has 7 nitrogen and oxygen atoms in total. The molecule has 0 spiro atoms. The van der Waals surface area contributed by atoms with Crippen molar-refractivity contribution in [3.05, 3.63) is 30.4 Å². The van der Waals surface area contributed by atoms with E-state index in [1.54, 1.807) is 24.5 Å². The van der Waals surface area contributed by atoms with Gasteiger partial charge in [-0.15, -0.1) is 10.2 Å². The highest BCUT2D eigenvalue weighted by Crippen LogP contribution is 2.21. The molecule has 18 heavy (non-hydrogen) atoms. The van der Waals surface area contributed by atoms with Gasteiger partial charge in [-0.2, -0.15) is 4.98 Å². The molecule has 0 aliphatic carbocycles. The summed E-state index contributed by atoms with van der Waals surface area (Å²) in [7, 11) is 1.88. The molecule has 0 atom stereocenters. The molecule has 0 aliphatic heterocycles. The van der Waals surface area contributed by atoms with Crippen molar-refractivity contribution in [3.63, 3.8) is 0 Å². The standard InChI is InChI=1S/C11H12N6O/c1-17-6-14-16-10(17)5-13-11-15-8-4-7(12)2-3-9(8)18-11/h2-4,6H,5,12H2,1H3,(H,13,15). The van der Waals surface area contributed by atoms with Gasteiger partial charge in [0.25, 0.3) is 6.01 Å². The minimum absolute atomic E-state index is 0.443. The first kappa shape index (κ1) is 10.6. The molecule has 92 valence electrons. The van der Waals surface area contributed by atoms with Gasteiger partial charge in [0.15, 0.2) is 11.4 Å². The van der Waals surface area contributed by atoms with E-state index in [4.69, 9.17) is 10.2 Å². The van der Waals surface area contributed by atoms with E-state index in [1.165, 1.54) is 0 Å². The lowest BCUT2D eigenvalue weighted by Crippen LogP contribution is -2.05. The second-order valence-electron chi connectivity index (χ2n) is 3.96. The fourth-order valence-corrected chi connectivity index (χ4v) is 1.64. The number of hydrogen-bond acceptors (Lipinski definition) is 6. The summed E-state index contributed by atoms with van der Waals surface area (Å²) in [5, 5.41) is 10.8. The quantitative estimate of drug-likeness (QED) is 0.671. The Kier molecular flexibility index (Phi) is 2.36. The first-order valence-electron chi connectivity index (χ1n) is 5.45. The fourth-order valence-electron chi connectivity index (χ4n) is 1.64. The number of oxazole rings is 1. The van der Waals surface area contributed by atoms with Crippen molar-refractivity contribution in [2.45, 2.75) is 6.54 Å². The van der Waals surface area contributed by atoms with Crippen molar-refractivity contribution in [2.75, 3.05) is 11.1 Å². The van der Waals surface area contributed by atoms with Crippen molar-refractivity contribution in [3.8, 4) is 0 Å². The van der Waals surface area contributed by atoms with Crippen LogP contribution in [0.2, 0.25) is 0 Å². The molecule has 0 aliphatic rings. The number of aryl methyl sites for hydroxylation is 1. The Morgan fingerprint density at radius 3 is 3.11 bits per heavy atom. The smallest absolute Gasteiger partial charge is 0.296 e. The third-order valence-corrected chi connectivity index (χ3v) is 2.61. The van der Waals surface area contributed by atoms with E-state index in [0.717, 1.165) is 11.3 Å². The zero-order valence-corrected chi connectivity index (χ0v) is 9.79. The van der Waals surface area contributed by atoms with Crippen molar-refractivity contribution in [1.29, 1.82) is 0 Å². The third-order valence-electron chi connectivity index (χ3n) is 2.61. The monoisotopic (exact) mass is 244 g/mol. The molecule has 0 radical (unpaired) electrons. The predicted molar refractivity (Wildman–Crippen MR) is 66.8 cm³/mol. The maximum Gasteiger partial charge on any atom is 0.296 e. The summed E-state index contributed by atoms with van der Waals surface area (Å²) in [6.45, 7) is 0.499. The van der Waals surface area contributed by atoms with Crippen LogP contribution in [0, 0.1) is 0 Å². The second-order valence-corrected chi connectivity index (χ2v) is 3.96. The van der Waals surface area contributed by atoms with Gasteiger partial charge in [0.05, 0.1) is 6.54 Å². The SMILES string of the molecule is Cn1cnnc1CNc1nc2cc(N)ccc2o1. The summed E-state index contributed by atoms with van der Waals surface area (Å²) >= 11 is 0. The lowest BCUT2D eigenvalue weighted by molar-refractivity contribution is 0.611. The third kappa shape index (κ3) is 1.86. The average Bonchev–Trinajstić information content (AvgIpc) is 2.92. The molecule has 0 amide bonds. The van der Waals surface area contributed by atoms with Crippen LogP contribution in [0.4, 0.5) is 11.7 Å². The molecule has 7 heteroatoms. The molecule has 0 saturated carbocycles. The van der Waals surface area contributed by atoms with Gasteiger partial charge in [-0.05, 0) is 18.2 Å². The summed E-state index contributed by atoms with van der Waals surface area (Å²) < 4.78 is 7.35. The van der Waals surface area contributed by atoms with Gasteiger partial charge in [-0.25, -0.2) is 0 Å².